The van der Waals surface area contributed by atoms with E-state index < -0.39 is 5.82 Å². The van der Waals surface area contributed by atoms with Gasteiger partial charge in [0, 0.05) is 38.7 Å². The second-order valence-electron chi connectivity index (χ2n) is 5.58. The number of carbonyl (C=O) groups excluding carboxylic acids is 1. The van der Waals surface area contributed by atoms with Gasteiger partial charge in [-0.25, -0.2) is 4.39 Å². The van der Waals surface area contributed by atoms with Gasteiger partial charge in [0.25, 0.3) is 0 Å². The average Bonchev–Trinajstić information content (AvgIpc) is 2.85. The number of nitrogens with zero attached hydrogens (tertiary/aromatic N) is 3. The summed E-state index contributed by atoms with van der Waals surface area (Å²) in [5.41, 5.74) is 1.42. The van der Waals surface area contributed by atoms with Crippen LogP contribution in [0.2, 0.25) is 5.02 Å². The van der Waals surface area contributed by atoms with Gasteiger partial charge in [-0.15, -0.1) is 0 Å². The molecule has 6 nitrogen and oxygen atoms in total. The standard InChI is InChI=1S/C17H21ClFN5O/c1-20-17(24(3)11-15-7-12(18)10-23(15)2)21-9-16(25)22-14-6-4-5-13(19)8-14/h4-8,10H,9,11H2,1-3H3,(H,20,21)(H,22,25). The van der Waals surface area contributed by atoms with Crippen LogP contribution in [0.25, 0.3) is 0 Å². The number of hydrogen-bond acceptors (Lipinski definition) is 2. The first kappa shape index (κ1) is 18.8. The molecule has 0 fully saturated rings. The number of hydrogen-bond donors (Lipinski definition) is 2. The SMILES string of the molecule is CN=C(NCC(=O)Nc1cccc(F)c1)N(C)Cc1cc(Cl)cn1C. The summed E-state index contributed by atoms with van der Waals surface area (Å²) < 4.78 is 15.1. The lowest BCUT2D eigenvalue weighted by molar-refractivity contribution is -0.115. The second kappa shape index (κ2) is 8.53. The number of amides is 1. The molecule has 0 aliphatic carbocycles. The van der Waals surface area contributed by atoms with Crippen molar-refractivity contribution in [2.75, 3.05) is 26.0 Å². The van der Waals surface area contributed by atoms with E-state index in [1.165, 1.54) is 18.2 Å². The fraction of sp³-hybridized carbons (Fsp3) is 0.294. The molecule has 1 aromatic heterocycles. The Kier molecular flexibility index (Phi) is 6.41. The third-order valence-electron chi connectivity index (χ3n) is 3.56. The van der Waals surface area contributed by atoms with Gasteiger partial charge in [-0.3, -0.25) is 9.79 Å². The largest absolute Gasteiger partial charge is 0.351 e. The summed E-state index contributed by atoms with van der Waals surface area (Å²) in [6.45, 7) is 0.593. The molecule has 0 atom stereocenters. The lowest BCUT2D eigenvalue weighted by Crippen LogP contribution is -2.42. The molecular formula is C17H21ClFN5O. The number of rotatable bonds is 5. The van der Waals surface area contributed by atoms with Crippen LogP contribution in [-0.4, -0.2) is 42.0 Å². The van der Waals surface area contributed by atoms with Gasteiger partial charge in [0.2, 0.25) is 5.91 Å². The van der Waals surface area contributed by atoms with Crippen LogP contribution < -0.4 is 10.6 Å². The molecule has 0 bridgehead atoms. The van der Waals surface area contributed by atoms with E-state index in [-0.39, 0.29) is 12.5 Å². The average molecular weight is 366 g/mol. The first-order valence-electron chi connectivity index (χ1n) is 7.67. The minimum Gasteiger partial charge on any atom is -0.351 e. The third-order valence-corrected chi connectivity index (χ3v) is 3.77. The van der Waals surface area contributed by atoms with Gasteiger partial charge in [-0.1, -0.05) is 17.7 Å². The van der Waals surface area contributed by atoms with Crippen LogP contribution >= 0.6 is 11.6 Å². The molecule has 2 rings (SSSR count). The highest BCUT2D eigenvalue weighted by Crippen LogP contribution is 2.14. The van der Waals surface area contributed by atoms with Crippen molar-refractivity contribution in [3.05, 3.63) is 53.1 Å². The van der Waals surface area contributed by atoms with Crippen LogP contribution in [0, 0.1) is 5.82 Å². The van der Waals surface area contributed by atoms with Gasteiger partial charge < -0.3 is 20.1 Å². The molecule has 0 spiro atoms. The summed E-state index contributed by atoms with van der Waals surface area (Å²) in [7, 11) is 5.42. The van der Waals surface area contributed by atoms with Crippen LogP contribution in [0.15, 0.2) is 41.5 Å². The van der Waals surface area contributed by atoms with Crippen LogP contribution in [0.4, 0.5) is 10.1 Å². The Morgan fingerprint density at radius 1 is 1.40 bits per heavy atom. The molecule has 0 unspecified atom stereocenters. The van der Waals surface area contributed by atoms with Gasteiger partial charge in [-0.2, -0.15) is 0 Å². The molecule has 1 amide bonds. The number of aryl methyl sites for hydroxylation is 1. The molecule has 2 aromatic rings. The van der Waals surface area contributed by atoms with Gasteiger partial charge in [0.15, 0.2) is 5.96 Å². The van der Waals surface area contributed by atoms with E-state index in [9.17, 15) is 9.18 Å². The maximum absolute atomic E-state index is 13.1. The molecule has 1 aromatic carbocycles. The smallest absolute Gasteiger partial charge is 0.243 e. The maximum atomic E-state index is 13.1. The lowest BCUT2D eigenvalue weighted by Gasteiger charge is -2.22. The van der Waals surface area contributed by atoms with Crippen molar-refractivity contribution in [3.8, 4) is 0 Å². The fourth-order valence-corrected chi connectivity index (χ4v) is 2.63. The van der Waals surface area contributed by atoms with Crippen LogP contribution in [-0.2, 0) is 18.4 Å². The van der Waals surface area contributed by atoms with Crippen molar-refractivity contribution >= 4 is 29.2 Å². The summed E-state index contributed by atoms with van der Waals surface area (Å²) in [5.74, 6) is -0.128. The Bertz CT molecular complexity index is 774. The molecule has 25 heavy (non-hydrogen) atoms. The van der Waals surface area contributed by atoms with Crippen molar-refractivity contribution < 1.29 is 9.18 Å². The van der Waals surface area contributed by atoms with Crippen molar-refractivity contribution in [2.24, 2.45) is 12.0 Å². The maximum Gasteiger partial charge on any atom is 0.243 e. The molecule has 2 N–H and O–H groups in total. The number of aliphatic imine (C=N–C) groups is 1. The van der Waals surface area contributed by atoms with E-state index in [1.807, 2.05) is 35.8 Å². The number of halogens is 2. The molecular weight excluding hydrogens is 345 g/mol. The highest BCUT2D eigenvalue weighted by molar-refractivity contribution is 6.30. The minimum absolute atomic E-state index is 0.0153. The zero-order valence-corrected chi connectivity index (χ0v) is 15.1. The number of aromatic nitrogens is 1. The van der Waals surface area contributed by atoms with Crippen molar-refractivity contribution in [2.45, 2.75) is 6.54 Å². The first-order valence-corrected chi connectivity index (χ1v) is 8.04. The van der Waals surface area contributed by atoms with Gasteiger partial charge in [0.1, 0.15) is 5.82 Å². The van der Waals surface area contributed by atoms with Gasteiger partial charge in [0.05, 0.1) is 18.1 Å². The quantitative estimate of drug-likeness (QED) is 0.632. The zero-order chi connectivity index (χ0) is 18.4. The molecule has 1 heterocycles. The zero-order valence-electron chi connectivity index (χ0n) is 14.4. The highest BCUT2D eigenvalue weighted by atomic mass is 35.5. The lowest BCUT2D eigenvalue weighted by atomic mass is 10.3. The molecule has 8 heteroatoms. The van der Waals surface area contributed by atoms with Crippen molar-refractivity contribution in [1.82, 2.24) is 14.8 Å². The monoisotopic (exact) mass is 365 g/mol. The summed E-state index contributed by atoms with van der Waals surface area (Å²) in [4.78, 5) is 18.0. The third kappa shape index (κ3) is 5.49. The summed E-state index contributed by atoms with van der Waals surface area (Å²) in [5, 5.41) is 6.27. The van der Waals surface area contributed by atoms with E-state index in [2.05, 4.69) is 15.6 Å². The minimum atomic E-state index is -0.400. The Morgan fingerprint density at radius 2 is 2.16 bits per heavy atom. The van der Waals surface area contributed by atoms with E-state index >= 15 is 0 Å². The van der Waals surface area contributed by atoms with Crippen molar-refractivity contribution in [3.63, 3.8) is 0 Å². The van der Waals surface area contributed by atoms with Gasteiger partial charge in [-0.05, 0) is 24.3 Å². The Hall–Kier alpha value is -2.54. The van der Waals surface area contributed by atoms with Crippen LogP contribution in [0.3, 0.4) is 0 Å². The normalized spacial score (nSPS) is 11.3. The van der Waals surface area contributed by atoms with Crippen LogP contribution in [0.5, 0.6) is 0 Å². The Balaban J connectivity index is 1.88. The molecule has 0 aliphatic heterocycles. The summed E-state index contributed by atoms with van der Waals surface area (Å²) in [6.07, 6.45) is 1.83. The Labute approximate surface area is 151 Å². The van der Waals surface area contributed by atoms with Crippen molar-refractivity contribution in [1.29, 1.82) is 0 Å². The number of benzene rings is 1. The highest BCUT2D eigenvalue weighted by Gasteiger charge is 2.11. The van der Waals surface area contributed by atoms with Crippen LogP contribution in [0.1, 0.15) is 5.69 Å². The molecule has 0 radical (unpaired) electrons. The predicted octanol–water partition coefficient (Wildman–Crippen LogP) is 2.46. The molecule has 134 valence electrons. The number of guanidine groups is 1. The molecule has 0 saturated heterocycles. The number of carbonyl (C=O) groups is 1. The number of nitrogens with one attached hydrogen (secondary N) is 2. The Morgan fingerprint density at radius 3 is 2.76 bits per heavy atom. The second-order valence-corrected chi connectivity index (χ2v) is 6.01. The predicted molar refractivity (Wildman–Crippen MR) is 98.3 cm³/mol. The van der Waals surface area contributed by atoms with E-state index in [4.69, 9.17) is 11.6 Å². The molecule has 0 aliphatic rings. The van der Waals surface area contributed by atoms with E-state index in [1.54, 1.807) is 13.1 Å². The summed E-state index contributed by atoms with van der Waals surface area (Å²) >= 11 is 5.99. The summed E-state index contributed by atoms with van der Waals surface area (Å²) in [6, 6.07) is 7.62. The number of anilines is 1. The first-order chi connectivity index (χ1) is 11.9. The van der Waals surface area contributed by atoms with E-state index in [0.717, 1.165) is 5.69 Å². The van der Waals surface area contributed by atoms with E-state index in [0.29, 0.717) is 23.2 Å². The fourth-order valence-electron chi connectivity index (χ4n) is 2.36. The topological polar surface area (TPSA) is 61.7 Å². The van der Waals surface area contributed by atoms with Gasteiger partial charge >= 0.3 is 0 Å². The molecule has 0 saturated carbocycles.